The summed E-state index contributed by atoms with van der Waals surface area (Å²) in [6.45, 7) is 8.98. The molecule has 1 fully saturated rings. The Morgan fingerprint density at radius 2 is 2.00 bits per heavy atom. The van der Waals surface area contributed by atoms with Crippen molar-refractivity contribution in [2.75, 3.05) is 0 Å². The van der Waals surface area contributed by atoms with E-state index in [-0.39, 0.29) is 5.41 Å². The third-order valence-corrected chi connectivity index (χ3v) is 4.63. The molecule has 0 aromatic heterocycles. The minimum absolute atomic E-state index is 0.253. The van der Waals surface area contributed by atoms with Crippen LogP contribution in [-0.2, 0) is 0 Å². The molecule has 0 spiro atoms. The standard InChI is InChI=1S/C14H24O/c1-10-7-8-13(3,4)9-14(15)11(2)5-6-12(10)14/h7,11-12,15H,5-6,8-9H2,1-4H3/t11-,12+,14+/m0/s1. The van der Waals surface area contributed by atoms with Crippen molar-refractivity contribution in [3.8, 4) is 0 Å². The predicted molar refractivity (Wildman–Crippen MR) is 63.6 cm³/mol. The summed E-state index contributed by atoms with van der Waals surface area (Å²) in [4.78, 5) is 0. The zero-order valence-corrected chi connectivity index (χ0v) is 10.5. The van der Waals surface area contributed by atoms with Crippen LogP contribution in [0.2, 0.25) is 0 Å². The van der Waals surface area contributed by atoms with Crippen molar-refractivity contribution in [3.05, 3.63) is 11.6 Å². The lowest BCUT2D eigenvalue weighted by Gasteiger charge is -2.38. The summed E-state index contributed by atoms with van der Waals surface area (Å²) in [5.41, 5.74) is 1.25. The highest BCUT2D eigenvalue weighted by molar-refractivity contribution is 5.18. The summed E-state index contributed by atoms with van der Waals surface area (Å²) in [5, 5.41) is 10.9. The number of aliphatic hydroxyl groups is 1. The van der Waals surface area contributed by atoms with Crippen molar-refractivity contribution in [3.63, 3.8) is 0 Å². The lowest BCUT2D eigenvalue weighted by molar-refractivity contribution is -0.0503. The average molecular weight is 208 g/mol. The number of hydrogen-bond acceptors (Lipinski definition) is 1. The Kier molecular flexibility index (Phi) is 2.50. The SMILES string of the molecule is CC1=CCC(C)(C)C[C@]2(O)[C@@H]1CC[C@@H]2C. The normalized spacial score (nSPS) is 44.5. The molecule has 2 aliphatic rings. The van der Waals surface area contributed by atoms with Crippen molar-refractivity contribution in [1.82, 2.24) is 0 Å². The van der Waals surface area contributed by atoms with Gasteiger partial charge in [-0.05, 0) is 43.9 Å². The summed E-state index contributed by atoms with van der Waals surface area (Å²) in [7, 11) is 0. The van der Waals surface area contributed by atoms with Crippen LogP contribution >= 0.6 is 0 Å². The Morgan fingerprint density at radius 1 is 1.33 bits per heavy atom. The minimum Gasteiger partial charge on any atom is -0.389 e. The third kappa shape index (κ3) is 1.75. The molecule has 1 saturated carbocycles. The van der Waals surface area contributed by atoms with Gasteiger partial charge >= 0.3 is 0 Å². The van der Waals surface area contributed by atoms with Crippen molar-refractivity contribution in [2.24, 2.45) is 17.3 Å². The molecule has 0 radical (unpaired) electrons. The third-order valence-electron chi connectivity index (χ3n) is 4.63. The van der Waals surface area contributed by atoms with Gasteiger partial charge in [0.05, 0.1) is 5.60 Å². The molecule has 0 bridgehead atoms. The first kappa shape index (κ1) is 11.2. The molecule has 2 rings (SSSR count). The van der Waals surface area contributed by atoms with Gasteiger partial charge in [-0.1, -0.05) is 32.4 Å². The van der Waals surface area contributed by atoms with Crippen LogP contribution in [0.4, 0.5) is 0 Å². The van der Waals surface area contributed by atoms with Crippen molar-refractivity contribution in [2.45, 2.75) is 59.0 Å². The van der Waals surface area contributed by atoms with Gasteiger partial charge < -0.3 is 5.11 Å². The number of rotatable bonds is 0. The number of fused-ring (bicyclic) bond motifs is 1. The molecule has 0 aromatic carbocycles. The first-order chi connectivity index (χ1) is 6.85. The van der Waals surface area contributed by atoms with Crippen LogP contribution in [0.5, 0.6) is 0 Å². The molecule has 1 N–H and O–H groups in total. The van der Waals surface area contributed by atoms with Crippen LogP contribution in [-0.4, -0.2) is 10.7 Å². The minimum atomic E-state index is -0.430. The molecule has 0 unspecified atom stereocenters. The zero-order valence-electron chi connectivity index (χ0n) is 10.5. The molecule has 0 heterocycles. The molecule has 1 heteroatoms. The van der Waals surface area contributed by atoms with E-state index >= 15 is 0 Å². The Balaban J connectivity index is 2.38. The van der Waals surface area contributed by atoms with Crippen LogP contribution in [0.15, 0.2) is 11.6 Å². The number of hydrogen-bond donors (Lipinski definition) is 1. The Hall–Kier alpha value is -0.300. The van der Waals surface area contributed by atoms with Crippen molar-refractivity contribution < 1.29 is 5.11 Å². The van der Waals surface area contributed by atoms with Crippen LogP contribution in [0.3, 0.4) is 0 Å². The summed E-state index contributed by atoms with van der Waals surface area (Å²) < 4.78 is 0. The molecule has 3 atom stereocenters. The Bertz CT molecular complexity index is 290. The second-order valence-electron chi connectivity index (χ2n) is 6.52. The smallest absolute Gasteiger partial charge is 0.0743 e. The van der Waals surface area contributed by atoms with Crippen molar-refractivity contribution >= 4 is 0 Å². The fourth-order valence-corrected chi connectivity index (χ4v) is 3.60. The first-order valence-corrected chi connectivity index (χ1v) is 6.24. The van der Waals surface area contributed by atoms with Crippen LogP contribution in [0.25, 0.3) is 0 Å². The predicted octanol–water partition coefficient (Wildman–Crippen LogP) is 3.53. The van der Waals surface area contributed by atoms with E-state index in [1.807, 2.05) is 0 Å². The molecular weight excluding hydrogens is 184 g/mol. The van der Waals surface area contributed by atoms with E-state index in [1.165, 1.54) is 18.4 Å². The Labute approximate surface area is 93.6 Å². The monoisotopic (exact) mass is 208 g/mol. The van der Waals surface area contributed by atoms with E-state index in [4.69, 9.17) is 0 Å². The molecule has 1 nitrogen and oxygen atoms in total. The van der Waals surface area contributed by atoms with Gasteiger partial charge in [0, 0.05) is 5.92 Å². The summed E-state index contributed by atoms with van der Waals surface area (Å²) in [5.74, 6) is 0.887. The molecule has 15 heavy (non-hydrogen) atoms. The maximum Gasteiger partial charge on any atom is 0.0743 e. The quantitative estimate of drug-likeness (QED) is 0.604. The second-order valence-corrected chi connectivity index (χ2v) is 6.52. The molecule has 0 aliphatic heterocycles. The van der Waals surface area contributed by atoms with Gasteiger partial charge in [-0.2, -0.15) is 0 Å². The van der Waals surface area contributed by atoms with E-state index in [1.54, 1.807) is 0 Å². The lowest BCUT2D eigenvalue weighted by Crippen LogP contribution is -2.41. The Morgan fingerprint density at radius 3 is 2.67 bits per heavy atom. The maximum absolute atomic E-state index is 10.9. The van der Waals surface area contributed by atoms with Gasteiger partial charge in [0.2, 0.25) is 0 Å². The summed E-state index contributed by atoms with van der Waals surface area (Å²) in [6, 6.07) is 0. The topological polar surface area (TPSA) is 20.2 Å². The highest BCUT2D eigenvalue weighted by atomic mass is 16.3. The first-order valence-electron chi connectivity index (χ1n) is 6.24. The van der Waals surface area contributed by atoms with E-state index in [2.05, 4.69) is 33.8 Å². The fraction of sp³-hybridized carbons (Fsp3) is 0.857. The molecule has 0 aromatic rings. The molecule has 86 valence electrons. The van der Waals surface area contributed by atoms with E-state index in [0.29, 0.717) is 11.8 Å². The number of allylic oxidation sites excluding steroid dienone is 1. The van der Waals surface area contributed by atoms with Gasteiger partial charge in [0.25, 0.3) is 0 Å². The van der Waals surface area contributed by atoms with Crippen LogP contribution in [0.1, 0.15) is 53.4 Å². The molecular formula is C14H24O. The van der Waals surface area contributed by atoms with Crippen molar-refractivity contribution in [1.29, 1.82) is 0 Å². The zero-order chi connectivity index (χ0) is 11.3. The largest absolute Gasteiger partial charge is 0.389 e. The van der Waals surface area contributed by atoms with E-state index < -0.39 is 5.60 Å². The van der Waals surface area contributed by atoms with Crippen LogP contribution in [0, 0.1) is 17.3 Å². The van der Waals surface area contributed by atoms with Gasteiger partial charge in [-0.25, -0.2) is 0 Å². The van der Waals surface area contributed by atoms with E-state index in [0.717, 1.165) is 12.8 Å². The molecule has 0 amide bonds. The molecule has 0 saturated heterocycles. The average Bonchev–Trinajstić information content (AvgIpc) is 2.34. The van der Waals surface area contributed by atoms with Crippen LogP contribution < -0.4 is 0 Å². The summed E-state index contributed by atoms with van der Waals surface area (Å²) >= 11 is 0. The van der Waals surface area contributed by atoms with Gasteiger partial charge in [0.1, 0.15) is 0 Å². The van der Waals surface area contributed by atoms with E-state index in [9.17, 15) is 5.11 Å². The van der Waals surface area contributed by atoms with Gasteiger partial charge in [-0.3, -0.25) is 0 Å². The second kappa shape index (κ2) is 3.35. The highest BCUT2D eigenvalue weighted by Crippen LogP contribution is 2.52. The lowest BCUT2D eigenvalue weighted by atomic mass is 9.72. The molecule has 2 aliphatic carbocycles. The highest BCUT2D eigenvalue weighted by Gasteiger charge is 2.50. The maximum atomic E-state index is 10.9. The van der Waals surface area contributed by atoms with Gasteiger partial charge in [0.15, 0.2) is 0 Å². The van der Waals surface area contributed by atoms with Gasteiger partial charge in [-0.15, -0.1) is 0 Å². The fourth-order valence-electron chi connectivity index (χ4n) is 3.60. The summed E-state index contributed by atoms with van der Waals surface area (Å²) in [6.07, 6.45) is 6.79.